The maximum Gasteiger partial charge on any atom is 0.317 e. The van der Waals surface area contributed by atoms with Gasteiger partial charge in [-0.15, -0.1) is 0 Å². The van der Waals surface area contributed by atoms with E-state index >= 15 is 0 Å². The van der Waals surface area contributed by atoms with E-state index in [4.69, 9.17) is 0 Å². The third kappa shape index (κ3) is 5.02. The fraction of sp³-hybridized carbons (Fsp3) is 0.867. The Morgan fingerprint density at radius 1 is 1.25 bits per heavy atom. The van der Waals surface area contributed by atoms with E-state index in [2.05, 4.69) is 24.5 Å². The zero-order chi connectivity index (χ0) is 15.1. The molecule has 1 saturated carbocycles. The van der Waals surface area contributed by atoms with Gasteiger partial charge in [-0.25, -0.2) is 4.79 Å². The normalized spacial score (nSPS) is 23.8. The molecule has 3 amide bonds. The lowest BCUT2D eigenvalue weighted by Crippen LogP contribution is -2.46. The highest BCUT2D eigenvalue weighted by molar-refractivity contribution is 5.78. The zero-order valence-electron chi connectivity index (χ0n) is 13.2. The molecule has 1 fully saturated rings. The molecule has 0 unspecified atom stereocenters. The van der Waals surface area contributed by atoms with Crippen LogP contribution in [0.25, 0.3) is 0 Å². The number of carbonyl (C=O) groups excluding carboxylic acids is 2. The molecular formula is C15H29N3O2. The molecule has 0 aromatic carbocycles. The first-order chi connectivity index (χ1) is 9.47. The fourth-order valence-electron chi connectivity index (χ4n) is 2.67. The summed E-state index contributed by atoms with van der Waals surface area (Å²) in [7, 11) is 3.53. The van der Waals surface area contributed by atoms with Gasteiger partial charge in [0, 0.05) is 32.6 Å². The van der Waals surface area contributed by atoms with Crippen molar-refractivity contribution in [1.82, 2.24) is 15.5 Å². The van der Waals surface area contributed by atoms with E-state index in [0.29, 0.717) is 5.92 Å². The summed E-state index contributed by atoms with van der Waals surface area (Å²) in [6, 6.07) is 0.219. The first kappa shape index (κ1) is 16.8. The average Bonchev–Trinajstić information content (AvgIpc) is 2.46. The van der Waals surface area contributed by atoms with Crippen LogP contribution >= 0.6 is 0 Å². The lowest BCUT2D eigenvalue weighted by atomic mass is 9.85. The summed E-state index contributed by atoms with van der Waals surface area (Å²) >= 11 is 0. The Bertz CT molecular complexity index is 325. The van der Waals surface area contributed by atoms with Gasteiger partial charge in [0.15, 0.2) is 0 Å². The summed E-state index contributed by atoms with van der Waals surface area (Å²) in [4.78, 5) is 25.4. The van der Waals surface area contributed by atoms with Crippen LogP contribution < -0.4 is 10.6 Å². The monoisotopic (exact) mass is 283 g/mol. The molecule has 1 aliphatic carbocycles. The van der Waals surface area contributed by atoms with E-state index in [1.165, 1.54) is 0 Å². The number of urea groups is 1. The van der Waals surface area contributed by atoms with Crippen molar-refractivity contribution >= 4 is 11.9 Å². The Labute approximate surface area is 122 Å². The standard InChI is InChI=1S/C15H29N3O2/c1-5-11(2)10-18(4)15(20)17-13-8-6-12(7-9-13)14(19)16-3/h11-13H,5-10H2,1-4H3,(H,16,19)(H,17,20)/t11-,12?,13?/m1/s1. The third-order valence-corrected chi connectivity index (χ3v) is 4.30. The Balaban J connectivity index is 2.32. The minimum atomic E-state index is 0.00805. The molecular weight excluding hydrogens is 254 g/mol. The molecule has 1 atom stereocenters. The average molecular weight is 283 g/mol. The fourth-order valence-corrected chi connectivity index (χ4v) is 2.67. The molecule has 5 heteroatoms. The highest BCUT2D eigenvalue weighted by Crippen LogP contribution is 2.24. The van der Waals surface area contributed by atoms with Gasteiger partial charge in [-0.2, -0.15) is 0 Å². The largest absolute Gasteiger partial charge is 0.359 e. The van der Waals surface area contributed by atoms with Crippen molar-refractivity contribution in [3.63, 3.8) is 0 Å². The molecule has 0 aromatic rings. The summed E-state index contributed by atoms with van der Waals surface area (Å²) in [6.45, 7) is 5.07. The van der Waals surface area contributed by atoms with E-state index in [9.17, 15) is 9.59 Å². The van der Waals surface area contributed by atoms with Gasteiger partial charge in [-0.05, 0) is 31.6 Å². The minimum absolute atomic E-state index is 0.00805. The van der Waals surface area contributed by atoms with Crippen molar-refractivity contribution in [3.8, 4) is 0 Å². The number of nitrogens with zero attached hydrogens (tertiary/aromatic N) is 1. The van der Waals surface area contributed by atoms with Crippen molar-refractivity contribution in [1.29, 1.82) is 0 Å². The summed E-state index contributed by atoms with van der Waals surface area (Å²) in [6.07, 6.45) is 4.58. The van der Waals surface area contributed by atoms with E-state index in [1.54, 1.807) is 11.9 Å². The molecule has 0 aliphatic heterocycles. The number of nitrogens with one attached hydrogen (secondary N) is 2. The SMILES string of the molecule is CC[C@@H](C)CN(C)C(=O)NC1CCC(C(=O)NC)CC1. The highest BCUT2D eigenvalue weighted by Gasteiger charge is 2.27. The minimum Gasteiger partial charge on any atom is -0.359 e. The Morgan fingerprint density at radius 3 is 2.35 bits per heavy atom. The number of carbonyl (C=O) groups is 2. The number of hydrogen-bond acceptors (Lipinski definition) is 2. The van der Waals surface area contributed by atoms with Crippen molar-refractivity contribution in [3.05, 3.63) is 0 Å². The summed E-state index contributed by atoms with van der Waals surface area (Å²) < 4.78 is 0. The quantitative estimate of drug-likeness (QED) is 0.810. The maximum absolute atomic E-state index is 12.1. The van der Waals surface area contributed by atoms with Crippen molar-refractivity contribution < 1.29 is 9.59 Å². The molecule has 20 heavy (non-hydrogen) atoms. The van der Waals surface area contributed by atoms with Crippen LogP contribution in [0, 0.1) is 11.8 Å². The van der Waals surface area contributed by atoms with Crippen molar-refractivity contribution in [2.24, 2.45) is 11.8 Å². The van der Waals surface area contributed by atoms with E-state index < -0.39 is 0 Å². The Hall–Kier alpha value is -1.26. The second-order valence-electron chi connectivity index (χ2n) is 6.01. The lowest BCUT2D eigenvalue weighted by Gasteiger charge is -2.30. The predicted octanol–water partition coefficient (Wildman–Crippen LogP) is 1.98. The third-order valence-electron chi connectivity index (χ3n) is 4.30. The molecule has 0 aromatic heterocycles. The van der Waals surface area contributed by atoms with Crippen LogP contribution in [0.5, 0.6) is 0 Å². The number of rotatable bonds is 5. The molecule has 0 heterocycles. The van der Waals surface area contributed by atoms with E-state index in [-0.39, 0.29) is 23.9 Å². The van der Waals surface area contributed by atoms with E-state index in [0.717, 1.165) is 38.6 Å². The van der Waals surface area contributed by atoms with Crippen LogP contribution in [-0.2, 0) is 4.79 Å². The Morgan fingerprint density at radius 2 is 1.85 bits per heavy atom. The van der Waals surface area contributed by atoms with Gasteiger partial charge in [0.2, 0.25) is 5.91 Å². The molecule has 0 spiro atoms. The molecule has 1 aliphatic rings. The second-order valence-corrected chi connectivity index (χ2v) is 6.01. The van der Waals surface area contributed by atoms with Crippen molar-refractivity contribution in [2.75, 3.05) is 20.6 Å². The molecule has 5 nitrogen and oxygen atoms in total. The van der Waals surface area contributed by atoms with Gasteiger partial charge < -0.3 is 15.5 Å². The van der Waals surface area contributed by atoms with E-state index in [1.807, 2.05) is 7.05 Å². The molecule has 1 rings (SSSR count). The van der Waals surface area contributed by atoms with Gasteiger partial charge >= 0.3 is 6.03 Å². The van der Waals surface area contributed by atoms with Crippen LogP contribution in [0.2, 0.25) is 0 Å². The summed E-state index contributed by atoms with van der Waals surface area (Å²) in [5.74, 6) is 0.768. The van der Waals surface area contributed by atoms with Gasteiger partial charge in [-0.1, -0.05) is 20.3 Å². The van der Waals surface area contributed by atoms with Gasteiger partial charge in [0.1, 0.15) is 0 Å². The zero-order valence-corrected chi connectivity index (χ0v) is 13.2. The summed E-state index contributed by atoms with van der Waals surface area (Å²) in [5.41, 5.74) is 0. The van der Waals surface area contributed by atoms with Crippen LogP contribution in [-0.4, -0.2) is 43.5 Å². The van der Waals surface area contributed by atoms with Crippen molar-refractivity contribution in [2.45, 2.75) is 52.0 Å². The highest BCUT2D eigenvalue weighted by atomic mass is 16.2. The predicted molar refractivity (Wildman–Crippen MR) is 80.4 cm³/mol. The lowest BCUT2D eigenvalue weighted by molar-refractivity contribution is -0.125. The van der Waals surface area contributed by atoms with Crippen LogP contribution in [0.4, 0.5) is 4.79 Å². The van der Waals surface area contributed by atoms with Gasteiger partial charge in [-0.3, -0.25) is 4.79 Å². The van der Waals surface area contributed by atoms with Crippen LogP contribution in [0.1, 0.15) is 46.0 Å². The van der Waals surface area contributed by atoms with Crippen LogP contribution in [0.15, 0.2) is 0 Å². The summed E-state index contributed by atoms with van der Waals surface area (Å²) in [5, 5.41) is 5.78. The molecule has 116 valence electrons. The first-order valence-electron chi connectivity index (χ1n) is 7.71. The second kappa shape index (κ2) is 8.12. The molecule has 2 N–H and O–H groups in total. The molecule has 0 bridgehead atoms. The van der Waals surface area contributed by atoms with Gasteiger partial charge in [0.05, 0.1) is 0 Å². The number of hydrogen-bond donors (Lipinski definition) is 2. The molecule has 0 saturated heterocycles. The van der Waals surface area contributed by atoms with Gasteiger partial charge in [0.25, 0.3) is 0 Å². The topological polar surface area (TPSA) is 61.4 Å². The Kier molecular flexibility index (Phi) is 6.82. The molecule has 0 radical (unpaired) electrons. The number of amides is 3. The first-order valence-corrected chi connectivity index (χ1v) is 7.71. The van der Waals surface area contributed by atoms with Crippen LogP contribution in [0.3, 0.4) is 0 Å². The smallest absolute Gasteiger partial charge is 0.317 e. The maximum atomic E-state index is 12.1.